The second kappa shape index (κ2) is 6.29. The summed E-state index contributed by atoms with van der Waals surface area (Å²) in [6.45, 7) is 0. The standard InChI is InChI=1S/C12H11Cl2N3S/c13-11-2-1-10(6-12(11)14)18-7-9-5-8(17-15)3-4-16-9/h1-6H,7,15H2,(H,16,17). The molecule has 0 fully saturated rings. The number of nitrogens with one attached hydrogen (secondary N) is 1. The molecule has 3 nitrogen and oxygen atoms in total. The number of hydrogen-bond donors (Lipinski definition) is 2. The number of aromatic nitrogens is 1. The van der Waals surface area contributed by atoms with E-state index in [0.717, 1.165) is 22.0 Å². The Labute approximate surface area is 120 Å². The molecule has 94 valence electrons. The van der Waals surface area contributed by atoms with Gasteiger partial charge in [-0.3, -0.25) is 10.8 Å². The number of thioether (sulfide) groups is 1. The Morgan fingerprint density at radius 1 is 1.17 bits per heavy atom. The number of hydrazine groups is 1. The van der Waals surface area contributed by atoms with Crippen molar-refractivity contribution in [2.75, 3.05) is 5.43 Å². The van der Waals surface area contributed by atoms with Gasteiger partial charge in [-0.05, 0) is 30.3 Å². The van der Waals surface area contributed by atoms with Gasteiger partial charge in [0.05, 0.1) is 21.4 Å². The number of halogens is 2. The lowest BCUT2D eigenvalue weighted by Gasteiger charge is -2.05. The summed E-state index contributed by atoms with van der Waals surface area (Å²) in [6, 6.07) is 9.29. The molecule has 0 aliphatic heterocycles. The first-order valence-corrected chi connectivity index (χ1v) is 6.92. The summed E-state index contributed by atoms with van der Waals surface area (Å²) in [7, 11) is 0. The number of nitrogen functional groups attached to an aromatic ring is 1. The Morgan fingerprint density at radius 3 is 2.72 bits per heavy atom. The molecule has 2 rings (SSSR count). The fraction of sp³-hybridized carbons (Fsp3) is 0.0833. The number of nitrogens with two attached hydrogens (primary N) is 1. The second-order valence-electron chi connectivity index (χ2n) is 3.54. The number of pyridine rings is 1. The van der Waals surface area contributed by atoms with Crippen LogP contribution in [-0.4, -0.2) is 4.98 Å². The molecule has 1 aromatic heterocycles. The predicted octanol–water partition coefficient (Wildman–Crippen LogP) is 3.97. The van der Waals surface area contributed by atoms with Gasteiger partial charge < -0.3 is 5.43 Å². The van der Waals surface area contributed by atoms with E-state index in [4.69, 9.17) is 29.0 Å². The molecule has 18 heavy (non-hydrogen) atoms. The zero-order valence-electron chi connectivity index (χ0n) is 9.36. The summed E-state index contributed by atoms with van der Waals surface area (Å²) in [4.78, 5) is 5.32. The molecule has 0 saturated heterocycles. The maximum absolute atomic E-state index is 5.96. The van der Waals surface area contributed by atoms with Crippen LogP contribution in [0.2, 0.25) is 10.0 Å². The summed E-state index contributed by atoms with van der Waals surface area (Å²) in [5.74, 6) is 6.09. The highest BCUT2D eigenvalue weighted by atomic mass is 35.5. The van der Waals surface area contributed by atoms with E-state index in [1.165, 1.54) is 0 Å². The van der Waals surface area contributed by atoms with Gasteiger partial charge in [0.1, 0.15) is 0 Å². The van der Waals surface area contributed by atoms with Crippen LogP contribution in [0.25, 0.3) is 0 Å². The molecule has 0 saturated carbocycles. The van der Waals surface area contributed by atoms with E-state index in [-0.39, 0.29) is 0 Å². The van der Waals surface area contributed by atoms with Crippen LogP contribution >= 0.6 is 35.0 Å². The molecule has 6 heteroatoms. The van der Waals surface area contributed by atoms with Crippen molar-refractivity contribution in [2.45, 2.75) is 10.6 Å². The van der Waals surface area contributed by atoms with Crippen LogP contribution in [0.4, 0.5) is 5.69 Å². The van der Waals surface area contributed by atoms with Crippen LogP contribution in [0.15, 0.2) is 41.4 Å². The van der Waals surface area contributed by atoms with Crippen LogP contribution in [0.1, 0.15) is 5.69 Å². The van der Waals surface area contributed by atoms with E-state index >= 15 is 0 Å². The third-order valence-corrected chi connectivity index (χ3v) is 4.03. The molecule has 1 heterocycles. The number of benzene rings is 1. The Kier molecular flexibility index (Phi) is 4.72. The first kappa shape index (κ1) is 13.5. The smallest absolute Gasteiger partial charge is 0.0603 e. The first-order valence-electron chi connectivity index (χ1n) is 5.18. The Morgan fingerprint density at radius 2 is 2.00 bits per heavy atom. The van der Waals surface area contributed by atoms with Crippen LogP contribution in [0.3, 0.4) is 0 Å². The van der Waals surface area contributed by atoms with Gasteiger partial charge in [0.15, 0.2) is 0 Å². The predicted molar refractivity (Wildman–Crippen MR) is 78.1 cm³/mol. The lowest BCUT2D eigenvalue weighted by Crippen LogP contribution is -2.07. The van der Waals surface area contributed by atoms with E-state index in [0.29, 0.717) is 10.0 Å². The highest BCUT2D eigenvalue weighted by Crippen LogP contribution is 2.29. The molecule has 0 spiro atoms. The van der Waals surface area contributed by atoms with Gasteiger partial charge in [-0.15, -0.1) is 11.8 Å². The minimum atomic E-state index is 0.562. The van der Waals surface area contributed by atoms with Crippen LogP contribution < -0.4 is 11.3 Å². The molecule has 0 aliphatic rings. The van der Waals surface area contributed by atoms with Crippen molar-refractivity contribution in [1.29, 1.82) is 0 Å². The van der Waals surface area contributed by atoms with Crippen molar-refractivity contribution in [3.8, 4) is 0 Å². The van der Waals surface area contributed by atoms with E-state index in [2.05, 4.69) is 10.4 Å². The third-order valence-electron chi connectivity index (χ3n) is 2.26. The van der Waals surface area contributed by atoms with E-state index < -0.39 is 0 Å². The maximum atomic E-state index is 5.96. The molecular weight excluding hydrogens is 289 g/mol. The van der Waals surface area contributed by atoms with Crippen molar-refractivity contribution in [1.82, 2.24) is 4.98 Å². The quantitative estimate of drug-likeness (QED) is 0.510. The Bertz CT molecular complexity index is 549. The van der Waals surface area contributed by atoms with E-state index in [9.17, 15) is 0 Å². The van der Waals surface area contributed by atoms with Gasteiger partial charge in [0.2, 0.25) is 0 Å². The fourth-order valence-corrected chi connectivity index (χ4v) is 2.57. The van der Waals surface area contributed by atoms with Crippen molar-refractivity contribution < 1.29 is 0 Å². The Balaban J connectivity index is 2.04. The van der Waals surface area contributed by atoms with E-state index in [1.807, 2.05) is 24.3 Å². The minimum Gasteiger partial charge on any atom is -0.324 e. The van der Waals surface area contributed by atoms with Crippen molar-refractivity contribution in [2.24, 2.45) is 5.84 Å². The van der Waals surface area contributed by atoms with Crippen molar-refractivity contribution in [3.63, 3.8) is 0 Å². The van der Waals surface area contributed by atoms with E-state index in [1.54, 1.807) is 24.0 Å². The van der Waals surface area contributed by atoms with Gasteiger partial charge >= 0.3 is 0 Å². The highest BCUT2D eigenvalue weighted by Gasteiger charge is 2.02. The van der Waals surface area contributed by atoms with Crippen molar-refractivity contribution >= 4 is 40.7 Å². The molecule has 0 unspecified atom stereocenters. The third kappa shape index (κ3) is 3.53. The summed E-state index contributed by atoms with van der Waals surface area (Å²) in [5.41, 5.74) is 4.38. The molecule has 0 aliphatic carbocycles. The number of nitrogens with zero attached hydrogens (tertiary/aromatic N) is 1. The normalized spacial score (nSPS) is 10.4. The topological polar surface area (TPSA) is 50.9 Å². The first-order chi connectivity index (χ1) is 8.69. The average Bonchev–Trinajstić information content (AvgIpc) is 2.40. The lowest BCUT2D eigenvalue weighted by molar-refractivity contribution is 1.16. The SMILES string of the molecule is NNc1ccnc(CSc2ccc(Cl)c(Cl)c2)c1. The van der Waals surface area contributed by atoms with Gasteiger partial charge in [0, 0.05) is 16.8 Å². The molecule has 2 aromatic rings. The van der Waals surface area contributed by atoms with Crippen molar-refractivity contribution in [3.05, 3.63) is 52.3 Å². The average molecular weight is 300 g/mol. The maximum Gasteiger partial charge on any atom is 0.0603 e. The molecule has 0 amide bonds. The van der Waals surface area contributed by atoms with Gasteiger partial charge in [-0.1, -0.05) is 23.2 Å². The zero-order chi connectivity index (χ0) is 13.0. The van der Waals surface area contributed by atoms with Gasteiger partial charge in [0.25, 0.3) is 0 Å². The number of anilines is 1. The molecule has 3 N–H and O–H groups in total. The van der Waals surface area contributed by atoms with Crippen LogP contribution in [-0.2, 0) is 5.75 Å². The summed E-state index contributed by atoms with van der Waals surface area (Å²) in [6.07, 6.45) is 1.72. The molecule has 0 bridgehead atoms. The number of rotatable bonds is 4. The molecule has 1 aromatic carbocycles. The molecule has 0 radical (unpaired) electrons. The molecular formula is C12H11Cl2N3S. The van der Waals surface area contributed by atoms with Crippen LogP contribution in [0, 0.1) is 0 Å². The summed E-state index contributed by atoms with van der Waals surface area (Å²) < 4.78 is 0. The zero-order valence-corrected chi connectivity index (χ0v) is 11.7. The summed E-state index contributed by atoms with van der Waals surface area (Å²) in [5, 5.41) is 1.13. The fourth-order valence-electron chi connectivity index (χ4n) is 1.37. The highest BCUT2D eigenvalue weighted by molar-refractivity contribution is 7.98. The van der Waals surface area contributed by atoms with Gasteiger partial charge in [-0.25, -0.2) is 0 Å². The summed E-state index contributed by atoms with van der Waals surface area (Å²) >= 11 is 13.5. The Hall–Kier alpha value is -0.940. The van der Waals surface area contributed by atoms with Crippen LogP contribution in [0.5, 0.6) is 0 Å². The number of hydrogen-bond acceptors (Lipinski definition) is 4. The monoisotopic (exact) mass is 299 g/mol. The minimum absolute atomic E-state index is 0.562. The largest absolute Gasteiger partial charge is 0.324 e. The van der Waals surface area contributed by atoms with Gasteiger partial charge in [-0.2, -0.15) is 0 Å². The second-order valence-corrected chi connectivity index (χ2v) is 5.41. The molecule has 0 atom stereocenters. The lowest BCUT2D eigenvalue weighted by atomic mass is 10.3.